The Hall–Kier alpha value is -0.940. The average Bonchev–Trinajstić information content (AvgIpc) is 2.52. The predicted octanol–water partition coefficient (Wildman–Crippen LogP) is 3.31. The molecule has 0 amide bonds. The van der Waals surface area contributed by atoms with Gasteiger partial charge in [-0.05, 0) is 53.6 Å². The molecule has 0 fully saturated rings. The number of aromatic nitrogens is 3. The molecule has 0 aliphatic carbocycles. The van der Waals surface area contributed by atoms with E-state index in [0.717, 1.165) is 16.0 Å². The molecule has 0 bridgehead atoms. The van der Waals surface area contributed by atoms with E-state index < -0.39 is 0 Å². The first kappa shape index (κ1) is 10.6. The average molecular weight is 284 g/mol. The topological polar surface area (TPSA) is 33.6 Å². The van der Waals surface area contributed by atoms with Crippen LogP contribution < -0.4 is 0 Å². The van der Waals surface area contributed by atoms with Gasteiger partial charge in [0.15, 0.2) is 4.77 Å². The molecule has 0 saturated heterocycles. The van der Waals surface area contributed by atoms with Crippen LogP contribution in [-0.4, -0.2) is 14.8 Å². The van der Waals surface area contributed by atoms with Crippen molar-refractivity contribution in [2.24, 2.45) is 0 Å². The minimum Gasteiger partial charge on any atom is -0.271 e. The van der Waals surface area contributed by atoms with Crippen LogP contribution in [0.3, 0.4) is 0 Å². The molecular weight excluding hydrogens is 274 g/mol. The van der Waals surface area contributed by atoms with E-state index in [1.165, 1.54) is 5.56 Å². The first-order valence-corrected chi connectivity index (χ1v) is 5.71. The fourth-order valence-corrected chi connectivity index (χ4v) is 2.18. The van der Waals surface area contributed by atoms with Gasteiger partial charge in [-0.25, -0.2) is 0 Å². The molecule has 15 heavy (non-hydrogen) atoms. The number of halogens is 1. The third kappa shape index (κ3) is 1.77. The summed E-state index contributed by atoms with van der Waals surface area (Å²) in [5.41, 5.74) is 2.20. The lowest BCUT2D eigenvalue weighted by Gasteiger charge is -2.08. The molecule has 1 aromatic heterocycles. The van der Waals surface area contributed by atoms with Crippen LogP contribution >= 0.6 is 28.1 Å². The normalized spacial score (nSPS) is 10.6. The van der Waals surface area contributed by atoms with Gasteiger partial charge in [0, 0.05) is 4.47 Å². The van der Waals surface area contributed by atoms with E-state index in [0.29, 0.717) is 4.77 Å². The van der Waals surface area contributed by atoms with Crippen LogP contribution in [0.5, 0.6) is 0 Å². The quantitative estimate of drug-likeness (QED) is 0.815. The van der Waals surface area contributed by atoms with Crippen molar-refractivity contribution in [3.8, 4) is 5.69 Å². The zero-order valence-corrected chi connectivity index (χ0v) is 10.8. The highest BCUT2D eigenvalue weighted by molar-refractivity contribution is 9.10. The van der Waals surface area contributed by atoms with Gasteiger partial charge in [-0.3, -0.25) is 9.67 Å². The Morgan fingerprint density at radius 3 is 2.73 bits per heavy atom. The second-order valence-corrected chi connectivity index (χ2v) is 4.50. The number of aromatic amines is 1. The largest absolute Gasteiger partial charge is 0.271 e. The molecule has 0 saturated carbocycles. The maximum absolute atomic E-state index is 5.18. The van der Waals surface area contributed by atoms with Crippen LogP contribution in [0.1, 0.15) is 11.4 Å². The first-order chi connectivity index (χ1) is 7.11. The van der Waals surface area contributed by atoms with Gasteiger partial charge in [0.25, 0.3) is 0 Å². The van der Waals surface area contributed by atoms with Crippen LogP contribution in [0.2, 0.25) is 0 Å². The number of hydrogen-bond acceptors (Lipinski definition) is 2. The molecule has 0 unspecified atom stereocenters. The van der Waals surface area contributed by atoms with E-state index in [1.807, 2.05) is 36.6 Å². The Morgan fingerprint density at radius 1 is 1.40 bits per heavy atom. The summed E-state index contributed by atoms with van der Waals surface area (Å²) in [5, 5.41) is 6.87. The van der Waals surface area contributed by atoms with Crippen LogP contribution in [-0.2, 0) is 0 Å². The van der Waals surface area contributed by atoms with E-state index in [-0.39, 0.29) is 0 Å². The summed E-state index contributed by atoms with van der Waals surface area (Å²) in [4.78, 5) is 0. The van der Waals surface area contributed by atoms with Gasteiger partial charge in [0.05, 0.1) is 5.69 Å². The lowest BCUT2D eigenvalue weighted by Crippen LogP contribution is -1.99. The first-order valence-electron chi connectivity index (χ1n) is 4.51. The Morgan fingerprint density at radius 2 is 2.13 bits per heavy atom. The van der Waals surface area contributed by atoms with Crippen molar-refractivity contribution in [3.05, 3.63) is 38.8 Å². The van der Waals surface area contributed by atoms with Crippen LogP contribution in [0.15, 0.2) is 22.7 Å². The Bertz CT molecular complexity index is 556. The fraction of sp³-hybridized carbons (Fsp3) is 0.200. The summed E-state index contributed by atoms with van der Waals surface area (Å²) in [5.74, 6) is 0.853. The Labute approximate surface area is 101 Å². The van der Waals surface area contributed by atoms with Crippen molar-refractivity contribution in [1.29, 1.82) is 0 Å². The van der Waals surface area contributed by atoms with Crippen LogP contribution in [0.4, 0.5) is 0 Å². The van der Waals surface area contributed by atoms with E-state index >= 15 is 0 Å². The number of nitrogens with zero attached hydrogens (tertiary/aromatic N) is 2. The molecule has 1 heterocycles. The van der Waals surface area contributed by atoms with Crippen molar-refractivity contribution in [2.45, 2.75) is 13.8 Å². The molecule has 0 aliphatic rings. The van der Waals surface area contributed by atoms with E-state index in [2.05, 4.69) is 26.1 Å². The van der Waals surface area contributed by atoms with Gasteiger partial charge in [-0.1, -0.05) is 12.1 Å². The number of rotatable bonds is 1. The van der Waals surface area contributed by atoms with Gasteiger partial charge < -0.3 is 0 Å². The molecule has 2 rings (SSSR count). The smallest absolute Gasteiger partial charge is 0.199 e. The second-order valence-electron chi connectivity index (χ2n) is 3.32. The van der Waals surface area contributed by atoms with Crippen molar-refractivity contribution >= 4 is 28.1 Å². The molecule has 0 spiro atoms. The predicted molar refractivity (Wildman–Crippen MR) is 65.9 cm³/mol. The Kier molecular flexibility index (Phi) is 2.75. The Balaban J connectivity index is 2.75. The molecule has 0 aliphatic heterocycles. The SMILES string of the molecule is Cc1cccc(-n2c(C)n[nH]c2=S)c1Br. The van der Waals surface area contributed by atoms with Crippen LogP contribution in [0, 0.1) is 18.6 Å². The van der Waals surface area contributed by atoms with E-state index in [1.54, 1.807) is 0 Å². The van der Waals surface area contributed by atoms with Crippen molar-refractivity contribution in [2.75, 3.05) is 0 Å². The van der Waals surface area contributed by atoms with E-state index in [9.17, 15) is 0 Å². The molecule has 0 radical (unpaired) electrons. The molecule has 5 heteroatoms. The van der Waals surface area contributed by atoms with Crippen molar-refractivity contribution in [1.82, 2.24) is 14.8 Å². The number of aryl methyl sites for hydroxylation is 2. The summed E-state index contributed by atoms with van der Waals surface area (Å²) in [6.45, 7) is 3.97. The molecular formula is C10H10BrN3S. The van der Waals surface area contributed by atoms with E-state index in [4.69, 9.17) is 12.2 Å². The number of benzene rings is 1. The third-order valence-electron chi connectivity index (χ3n) is 2.25. The number of nitrogens with one attached hydrogen (secondary N) is 1. The maximum Gasteiger partial charge on any atom is 0.199 e. The molecule has 1 aromatic carbocycles. The van der Waals surface area contributed by atoms with Gasteiger partial charge in [-0.2, -0.15) is 5.10 Å². The monoisotopic (exact) mass is 283 g/mol. The zero-order valence-electron chi connectivity index (χ0n) is 8.41. The minimum atomic E-state index is 0.610. The highest BCUT2D eigenvalue weighted by Crippen LogP contribution is 2.25. The lowest BCUT2D eigenvalue weighted by atomic mass is 10.2. The van der Waals surface area contributed by atoms with Crippen molar-refractivity contribution < 1.29 is 0 Å². The summed E-state index contributed by atoms with van der Waals surface area (Å²) in [7, 11) is 0. The van der Waals surface area contributed by atoms with Crippen LogP contribution in [0.25, 0.3) is 5.69 Å². The third-order valence-corrected chi connectivity index (χ3v) is 3.56. The molecule has 78 valence electrons. The number of hydrogen-bond donors (Lipinski definition) is 1. The summed E-state index contributed by atoms with van der Waals surface area (Å²) in [6, 6.07) is 6.06. The van der Waals surface area contributed by atoms with Gasteiger partial charge >= 0.3 is 0 Å². The van der Waals surface area contributed by atoms with Crippen molar-refractivity contribution in [3.63, 3.8) is 0 Å². The van der Waals surface area contributed by atoms with Gasteiger partial charge in [0.2, 0.25) is 0 Å². The van der Waals surface area contributed by atoms with Gasteiger partial charge in [-0.15, -0.1) is 0 Å². The molecule has 3 nitrogen and oxygen atoms in total. The molecule has 0 atom stereocenters. The number of H-pyrrole nitrogens is 1. The second kappa shape index (κ2) is 3.90. The fourth-order valence-electron chi connectivity index (χ4n) is 1.46. The maximum atomic E-state index is 5.18. The zero-order chi connectivity index (χ0) is 11.0. The van der Waals surface area contributed by atoms with Gasteiger partial charge in [0.1, 0.15) is 5.82 Å². The highest BCUT2D eigenvalue weighted by Gasteiger charge is 2.08. The minimum absolute atomic E-state index is 0.610. The lowest BCUT2D eigenvalue weighted by molar-refractivity contribution is 0.956. The molecule has 2 aromatic rings. The summed E-state index contributed by atoms with van der Waals surface area (Å²) < 4.78 is 3.57. The summed E-state index contributed by atoms with van der Waals surface area (Å²) in [6.07, 6.45) is 0. The summed E-state index contributed by atoms with van der Waals surface area (Å²) >= 11 is 8.74. The highest BCUT2D eigenvalue weighted by atomic mass is 79.9. The molecule has 1 N–H and O–H groups in total. The standard InChI is InChI=1S/C10H10BrN3S/c1-6-4-3-5-8(9(6)11)14-7(2)12-13-10(14)15/h3-5H,1-2H3,(H,13,15).